The number of rotatable bonds is 5. The van der Waals surface area contributed by atoms with E-state index in [2.05, 4.69) is 15.5 Å². The number of hydrogen-bond acceptors (Lipinski definition) is 6. The van der Waals surface area contributed by atoms with E-state index in [4.69, 9.17) is 0 Å². The van der Waals surface area contributed by atoms with Gasteiger partial charge in [0.25, 0.3) is 5.56 Å². The maximum absolute atomic E-state index is 12.6. The number of hydrogen-bond donors (Lipinski definition) is 2. The van der Waals surface area contributed by atoms with Gasteiger partial charge in [-0.15, -0.1) is 0 Å². The quantitative estimate of drug-likeness (QED) is 0.521. The van der Waals surface area contributed by atoms with Crippen molar-refractivity contribution < 1.29 is 5.11 Å². The Morgan fingerprint density at radius 2 is 1.85 bits per heavy atom. The van der Waals surface area contributed by atoms with Crippen LogP contribution < -0.4 is 16.7 Å². The van der Waals surface area contributed by atoms with Crippen molar-refractivity contribution in [1.29, 1.82) is 0 Å². The summed E-state index contributed by atoms with van der Waals surface area (Å²) >= 11 is 0. The molecular formula is C18H22N6O3. The molecule has 9 heteroatoms. The Kier molecular flexibility index (Phi) is 4.85. The van der Waals surface area contributed by atoms with Crippen LogP contribution in [0.4, 0.5) is 5.95 Å². The topological polar surface area (TPSA) is 106 Å². The molecule has 142 valence electrons. The molecule has 0 atom stereocenters. The van der Waals surface area contributed by atoms with Gasteiger partial charge in [0.2, 0.25) is 5.95 Å². The summed E-state index contributed by atoms with van der Waals surface area (Å²) < 4.78 is 4.17. The lowest BCUT2D eigenvalue weighted by atomic mass is 10.1. The third-order valence-corrected chi connectivity index (χ3v) is 4.40. The summed E-state index contributed by atoms with van der Waals surface area (Å²) in [5, 5.41) is 13.7. The first-order chi connectivity index (χ1) is 12.8. The van der Waals surface area contributed by atoms with Gasteiger partial charge in [0.1, 0.15) is 5.75 Å². The van der Waals surface area contributed by atoms with Gasteiger partial charge in [-0.2, -0.15) is 10.1 Å². The summed E-state index contributed by atoms with van der Waals surface area (Å²) in [6.07, 6.45) is 0.785. The van der Waals surface area contributed by atoms with Gasteiger partial charge in [-0.05, 0) is 43.2 Å². The Bertz CT molecular complexity index is 1140. The van der Waals surface area contributed by atoms with Gasteiger partial charge in [0.15, 0.2) is 11.2 Å². The van der Waals surface area contributed by atoms with E-state index in [1.165, 1.54) is 11.6 Å². The second-order valence-corrected chi connectivity index (χ2v) is 6.32. The molecule has 3 rings (SSSR count). The normalized spacial score (nSPS) is 11.9. The predicted octanol–water partition coefficient (Wildman–Crippen LogP) is 1.39. The smallest absolute Gasteiger partial charge is 0.332 e. The number of benzene rings is 1. The third-order valence-electron chi connectivity index (χ3n) is 4.40. The van der Waals surface area contributed by atoms with Crippen LogP contribution in [0.2, 0.25) is 0 Å². The summed E-state index contributed by atoms with van der Waals surface area (Å²) in [5.41, 5.74) is 4.29. The van der Waals surface area contributed by atoms with Crippen molar-refractivity contribution in [3.05, 3.63) is 50.7 Å². The van der Waals surface area contributed by atoms with Crippen LogP contribution in [0.1, 0.15) is 25.8 Å². The van der Waals surface area contributed by atoms with E-state index >= 15 is 0 Å². The van der Waals surface area contributed by atoms with Crippen LogP contribution in [0.15, 0.2) is 39.0 Å². The fourth-order valence-electron chi connectivity index (χ4n) is 2.87. The monoisotopic (exact) mass is 370 g/mol. The number of aromatic hydroxyl groups is 1. The molecule has 1 aromatic carbocycles. The number of nitrogens with one attached hydrogen (secondary N) is 1. The average molecular weight is 370 g/mol. The van der Waals surface area contributed by atoms with Crippen LogP contribution >= 0.6 is 0 Å². The standard InChI is InChI=1S/C18H22N6O3/c1-5-10-24-14-15(22(3)18(27)23(4)16(14)26)19-17(24)21-20-11(2)12-6-8-13(25)9-7-12/h6-9,25H,5,10H2,1-4H3,(H,19,21)/b20-11-. The fourth-order valence-corrected chi connectivity index (χ4v) is 2.87. The molecule has 0 bridgehead atoms. The summed E-state index contributed by atoms with van der Waals surface area (Å²) in [4.78, 5) is 29.2. The number of anilines is 1. The van der Waals surface area contributed by atoms with E-state index < -0.39 is 5.69 Å². The van der Waals surface area contributed by atoms with Gasteiger partial charge in [-0.25, -0.2) is 10.2 Å². The molecule has 3 aromatic rings. The molecule has 0 amide bonds. The van der Waals surface area contributed by atoms with Gasteiger partial charge in [0, 0.05) is 20.6 Å². The lowest BCUT2D eigenvalue weighted by Gasteiger charge is -2.08. The Balaban J connectivity index is 2.10. The first-order valence-corrected chi connectivity index (χ1v) is 8.61. The maximum atomic E-state index is 12.6. The van der Waals surface area contributed by atoms with E-state index in [9.17, 15) is 14.7 Å². The molecule has 2 heterocycles. The summed E-state index contributed by atoms with van der Waals surface area (Å²) in [6, 6.07) is 6.68. The number of fused-ring (bicyclic) bond motifs is 1. The van der Waals surface area contributed by atoms with E-state index in [1.54, 1.807) is 35.9 Å². The second-order valence-electron chi connectivity index (χ2n) is 6.32. The SMILES string of the molecule is CCCn1c(N/N=C(/C)c2ccc(O)cc2)nc2c1c(=O)n(C)c(=O)n2C. The zero-order valence-corrected chi connectivity index (χ0v) is 15.7. The summed E-state index contributed by atoms with van der Waals surface area (Å²) in [5.74, 6) is 0.573. The molecule has 0 aliphatic carbocycles. The Morgan fingerprint density at radius 3 is 2.48 bits per heavy atom. The molecule has 0 radical (unpaired) electrons. The second kappa shape index (κ2) is 7.10. The highest BCUT2D eigenvalue weighted by Gasteiger charge is 2.18. The number of nitrogens with zero attached hydrogens (tertiary/aromatic N) is 5. The van der Waals surface area contributed by atoms with Gasteiger partial charge in [-0.1, -0.05) is 6.92 Å². The van der Waals surface area contributed by atoms with E-state index in [1.807, 2.05) is 13.8 Å². The van der Waals surface area contributed by atoms with Gasteiger partial charge in [0.05, 0.1) is 5.71 Å². The first kappa shape index (κ1) is 18.4. The number of hydrazone groups is 1. The molecule has 0 saturated carbocycles. The minimum absolute atomic E-state index is 0.181. The van der Waals surface area contributed by atoms with Crippen LogP contribution in [-0.4, -0.2) is 29.5 Å². The predicted molar refractivity (Wildman–Crippen MR) is 104 cm³/mol. The molecule has 0 unspecified atom stereocenters. The molecule has 9 nitrogen and oxygen atoms in total. The zero-order valence-electron chi connectivity index (χ0n) is 15.7. The number of phenols is 1. The lowest BCUT2D eigenvalue weighted by molar-refractivity contribution is 0.475. The lowest BCUT2D eigenvalue weighted by Crippen LogP contribution is -2.37. The van der Waals surface area contributed by atoms with Crippen LogP contribution in [0.25, 0.3) is 11.2 Å². The van der Waals surface area contributed by atoms with Crippen LogP contribution in [0.3, 0.4) is 0 Å². The molecule has 0 aliphatic heterocycles. The summed E-state index contributed by atoms with van der Waals surface area (Å²) in [7, 11) is 3.04. The van der Waals surface area contributed by atoms with Gasteiger partial charge in [-0.3, -0.25) is 13.9 Å². The molecule has 0 saturated heterocycles. The first-order valence-electron chi connectivity index (χ1n) is 8.61. The van der Waals surface area contributed by atoms with Gasteiger partial charge < -0.3 is 9.67 Å². The fraction of sp³-hybridized carbons (Fsp3) is 0.333. The van der Waals surface area contributed by atoms with E-state index in [0.717, 1.165) is 16.6 Å². The van der Waals surface area contributed by atoms with Crippen LogP contribution in [0, 0.1) is 0 Å². The molecule has 0 spiro atoms. The molecular weight excluding hydrogens is 348 g/mol. The molecule has 0 aliphatic rings. The third kappa shape index (κ3) is 3.23. The minimum Gasteiger partial charge on any atom is -0.508 e. The molecule has 0 fully saturated rings. The van der Waals surface area contributed by atoms with Crippen molar-refractivity contribution >= 4 is 22.8 Å². The molecule has 2 N–H and O–H groups in total. The van der Waals surface area contributed by atoms with Crippen molar-refractivity contribution in [2.45, 2.75) is 26.8 Å². The number of aryl methyl sites for hydroxylation is 2. The van der Waals surface area contributed by atoms with Crippen molar-refractivity contribution in [1.82, 2.24) is 18.7 Å². The number of aromatic nitrogens is 4. The van der Waals surface area contributed by atoms with Crippen molar-refractivity contribution in [3.8, 4) is 5.75 Å². The highest BCUT2D eigenvalue weighted by atomic mass is 16.3. The molecule has 2 aromatic heterocycles. The van der Waals surface area contributed by atoms with E-state index in [-0.39, 0.29) is 11.3 Å². The number of phenolic OH excluding ortho intramolecular Hbond substituents is 1. The Morgan fingerprint density at radius 1 is 1.19 bits per heavy atom. The van der Waals surface area contributed by atoms with Crippen molar-refractivity contribution in [2.24, 2.45) is 19.2 Å². The van der Waals surface area contributed by atoms with Crippen molar-refractivity contribution in [2.75, 3.05) is 5.43 Å². The number of imidazole rings is 1. The minimum atomic E-state index is -0.427. The summed E-state index contributed by atoms with van der Waals surface area (Å²) in [6.45, 7) is 4.37. The van der Waals surface area contributed by atoms with Crippen LogP contribution in [0.5, 0.6) is 5.75 Å². The molecule has 27 heavy (non-hydrogen) atoms. The van der Waals surface area contributed by atoms with Gasteiger partial charge >= 0.3 is 5.69 Å². The highest BCUT2D eigenvalue weighted by Crippen LogP contribution is 2.17. The average Bonchev–Trinajstić information content (AvgIpc) is 3.02. The Labute approximate surface area is 155 Å². The Hall–Kier alpha value is -3.36. The maximum Gasteiger partial charge on any atom is 0.332 e. The van der Waals surface area contributed by atoms with E-state index in [0.29, 0.717) is 29.4 Å². The highest BCUT2D eigenvalue weighted by molar-refractivity contribution is 5.99. The largest absolute Gasteiger partial charge is 0.508 e. The van der Waals surface area contributed by atoms with Crippen molar-refractivity contribution in [3.63, 3.8) is 0 Å². The zero-order chi connectivity index (χ0) is 19.7. The van der Waals surface area contributed by atoms with Crippen LogP contribution in [-0.2, 0) is 20.6 Å².